The molecule has 2 aliphatic heterocycles. The van der Waals surface area contributed by atoms with Crippen molar-refractivity contribution in [2.75, 3.05) is 24.5 Å². The zero-order valence-electron chi connectivity index (χ0n) is 13.8. The summed E-state index contributed by atoms with van der Waals surface area (Å²) in [5, 5.41) is 3.02. The molecule has 3 amide bonds. The van der Waals surface area contributed by atoms with Crippen molar-refractivity contribution in [3.05, 3.63) is 47.1 Å². The van der Waals surface area contributed by atoms with E-state index in [0.717, 1.165) is 0 Å². The van der Waals surface area contributed by atoms with E-state index in [2.05, 4.69) is 20.3 Å². The molecule has 2 aromatic rings. The fourth-order valence-corrected chi connectivity index (χ4v) is 2.96. The molecule has 27 heavy (non-hydrogen) atoms. The largest absolute Gasteiger partial charge is 0.419 e. The number of nitrogens with one attached hydrogen (secondary N) is 1. The van der Waals surface area contributed by atoms with Crippen LogP contribution in [0.25, 0.3) is 0 Å². The number of ether oxygens (including phenoxy) is 1. The van der Waals surface area contributed by atoms with Crippen LogP contribution in [0, 0.1) is 0 Å². The van der Waals surface area contributed by atoms with Gasteiger partial charge >= 0.3 is 6.09 Å². The molecule has 0 bridgehead atoms. The molecule has 1 saturated heterocycles. The van der Waals surface area contributed by atoms with Gasteiger partial charge in [-0.1, -0.05) is 11.6 Å². The third kappa shape index (κ3) is 3.14. The number of anilines is 1. The summed E-state index contributed by atoms with van der Waals surface area (Å²) in [7, 11) is 0. The Morgan fingerprint density at radius 1 is 1.22 bits per heavy atom. The second kappa shape index (κ2) is 6.80. The highest BCUT2D eigenvalue weighted by Crippen LogP contribution is 2.35. The molecule has 0 spiro atoms. The molecule has 2 aliphatic rings. The van der Waals surface area contributed by atoms with Crippen molar-refractivity contribution in [3.8, 4) is 0 Å². The minimum absolute atomic E-state index is 0.0726. The summed E-state index contributed by atoms with van der Waals surface area (Å²) in [5.41, 5.74) is 0.275. The quantitative estimate of drug-likeness (QED) is 0.806. The number of nitrogens with zero attached hydrogens (tertiary/aromatic N) is 5. The Kier molecular flexibility index (Phi) is 4.32. The Morgan fingerprint density at radius 2 is 2.04 bits per heavy atom. The highest BCUT2D eigenvalue weighted by molar-refractivity contribution is 6.30. The van der Waals surface area contributed by atoms with E-state index in [1.165, 1.54) is 34.5 Å². The van der Waals surface area contributed by atoms with Crippen LogP contribution in [0.4, 0.5) is 10.6 Å². The molecule has 0 saturated carbocycles. The fourth-order valence-electron chi connectivity index (χ4n) is 2.84. The van der Waals surface area contributed by atoms with Crippen LogP contribution in [0.1, 0.15) is 22.4 Å². The number of amides is 3. The van der Waals surface area contributed by atoms with Gasteiger partial charge in [0, 0.05) is 31.7 Å². The highest BCUT2D eigenvalue weighted by atomic mass is 35.5. The van der Waals surface area contributed by atoms with E-state index in [-0.39, 0.29) is 29.7 Å². The average Bonchev–Trinajstić information content (AvgIpc) is 2.95. The van der Waals surface area contributed by atoms with Crippen LogP contribution in [0.3, 0.4) is 0 Å². The first-order valence-corrected chi connectivity index (χ1v) is 8.40. The maximum Gasteiger partial charge on any atom is 0.412 e. The summed E-state index contributed by atoms with van der Waals surface area (Å²) >= 11 is 5.86. The molecule has 1 N–H and O–H groups in total. The zero-order valence-corrected chi connectivity index (χ0v) is 14.6. The Labute approximate surface area is 158 Å². The van der Waals surface area contributed by atoms with Gasteiger partial charge in [-0.25, -0.2) is 19.7 Å². The summed E-state index contributed by atoms with van der Waals surface area (Å²) in [4.78, 5) is 51.6. The van der Waals surface area contributed by atoms with E-state index in [9.17, 15) is 14.4 Å². The van der Waals surface area contributed by atoms with Crippen LogP contribution in [0.2, 0.25) is 5.02 Å². The number of carbonyl (C=O) groups excluding carboxylic acids is 3. The predicted octanol–water partition coefficient (Wildman–Crippen LogP) is 0.752. The van der Waals surface area contributed by atoms with Crippen molar-refractivity contribution >= 4 is 35.3 Å². The number of pyridine rings is 1. The molecule has 1 fully saturated rings. The maximum atomic E-state index is 12.8. The molecule has 4 rings (SSSR count). The van der Waals surface area contributed by atoms with E-state index in [1.54, 1.807) is 6.07 Å². The van der Waals surface area contributed by atoms with Crippen molar-refractivity contribution in [3.63, 3.8) is 0 Å². The standard InChI is InChI=1S/C16H13ClN6O4/c17-9-1-2-10(21-7-9)23-14(25)12-13(20-4-3-19-12)15(23)27-16(26)22-6-5-18-11(24)8-22/h1-4,7,15H,5-6,8H2,(H,18,24)/t15-/m0/s1. The van der Waals surface area contributed by atoms with Gasteiger partial charge in [-0.2, -0.15) is 0 Å². The first kappa shape index (κ1) is 17.2. The number of halogens is 1. The molecule has 2 aromatic heterocycles. The third-order valence-corrected chi connectivity index (χ3v) is 4.31. The molecule has 10 nitrogen and oxygen atoms in total. The Hall–Kier alpha value is -3.27. The van der Waals surface area contributed by atoms with E-state index < -0.39 is 18.2 Å². The second-order valence-corrected chi connectivity index (χ2v) is 6.24. The predicted molar refractivity (Wildman–Crippen MR) is 91.9 cm³/mol. The van der Waals surface area contributed by atoms with Crippen molar-refractivity contribution in [1.29, 1.82) is 0 Å². The molecule has 1 atom stereocenters. The van der Waals surface area contributed by atoms with Crippen molar-refractivity contribution in [2.45, 2.75) is 6.23 Å². The van der Waals surface area contributed by atoms with Crippen LogP contribution in [-0.2, 0) is 9.53 Å². The summed E-state index contributed by atoms with van der Waals surface area (Å²) in [6, 6.07) is 3.09. The van der Waals surface area contributed by atoms with Gasteiger partial charge in [0.25, 0.3) is 5.91 Å². The SMILES string of the molecule is O=C1CN(C(=O)O[C@H]2c3nccnc3C(=O)N2c2ccc(Cl)cn2)CCN1. The van der Waals surface area contributed by atoms with Crippen LogP contribution >= 0.6 is 11.6 Å². The van der Waals surface area contributed by atoms with Crippen LogP contribution < -0.4 is 10.2 Å². The molecular weight excluding hydrogens is 376 g/mol. The van der Waals surface area contributed by atoms with Crippen molar-refractivity contribution in [1.82, 2.24) is 25.2 Å². The summed E-state index contributed by atoms with van der Waals surface area (Å²) in [6.45, 7) is 0.514. The van der Waals surface area contributed by atoms with E-state index in [0.29, 0.717) is 18.1 Å². The monoisotopic (exact) mass is 388 g/mol. The molecule has 0 unspecified atom stereocenters. The van der Waals surface area contributed by atoms with E-state index in [1.807, 2.05) is 0 Å². The molecular formula is C16H13ClN6O4. The molecule has 4 heterocycles. The lowest BCUT2D eigenvalue weighted by Crippen LogP contribution is -2.50. The van der Waals surface area contributed by atoms with E-state index in [4.69, 9.17) is 16.3 Å². The number of fused-ring (bicyclic) bond motifs is 1. The lowest BCUT2D eigenvalue weighted by atomic mass is 10.3. The third-order valence-electron chi connectivity index (χ3n) is 4.08. The van der Waals surface area contributed by atoms with Crippen molar-refractivity contribution < 1.29 is 19.1 Å². The maximum absolute atomic E-state index is 12.8. The number of hydrogen-bond acceptors (Lipinski definition) is 7. The molecule has 0 aliphatic carbocycles. The normalized spacial score (nSPS) is 18.9. The first-order chi connectivity index (χ1) is 13.0. The minimum atomic E-state index is -1.15. The molecule has 138 valence electrons. The smallest absolute Gasteiger partial charge is 0.412 e. The van der Waals surface area contributed by atoms with Crippen LogP contribution in [-0.4, -0.2) is 57.4 Å². The Morgan fingerprint density at radius 3 is 2.78 bits per heavy atom. The number of carbonyl (C=O) groups is 3. The Bertz CT molecular complexity index is 921. The topological polar surface area (TPSA) is 118 Å². The van der Waals surface area contributed by atoms with Gasteiger partial charge in [0.2, 0.25) is 12.1 Å². The molecule has 0 radical (unpaired) electrons. The second-order valence-electron chi connectivity index (χ2n) is 5.81. The Balaban J connectivity index is 1.66. The molecule has 11 heteroatoms. The summed E-state index contributed by atoms with van der Waals surface area (Å²) < 4.78 is 5.53. The summed E-state index contributed by atoms with van der Waals surface area (Å²) in [5.74, 6) is -0.544. The molecule has 0 aromatic carbocycles. The number of hydrogen-bond donors (Lipinski definition) is 1. The minimum Gasteiger partial charge on any atom is -0.419 e. The van der Waals surface area contributed by atoms with Gasteiger partial charge in [-0.05, 0) is 12.1 Å². The lowest BCUT2D eigenvalue weighted by Gasteiger charge is -2.29. The fraction of sp³-hybridized carbons (Fsp3) is 0.250. The van der Waals surface area contributed by atoms with E-state index >= 15 is 0 Å². The first-order valence-electron chi connectivity index (χ1n) is 8.03. The van der Waals surface area contributed by atoms with Crippen LogP contribution in [0.15, 0.2) is 30.7 Å². The van der Waals surface area contributed by atoms with Gasteiger partial charge in [-0.15, -0.1) is 0 Å². The number of piperazine rings is 1. The van der Waals surface area contributed by atoms with Crippen molar-refractivity contribution in [2.24, 2.45) is 0 Å². The van der Waals surface area contributed by atoms with Gasteiger partial charge in [0.1, 0.15) is 18.1 Å². The lowest BCUT2D eigenvalue weighted by molar-refractivity contribution is -0.123. The average molecular weight is 389 g/mol. The van der Waals surface area contributed by atoms with Gasteiger partial charge in [0.05, 0.1) is 5.02 Å². The summed E-state index contributed by atoms with van der Waals surface area (Å²) in [6.07, 6.45) is 2.28. The van der Waals surface area contributed by atoms with Crippen LogP contribution in [0.5, 0.6) is 0 Å². The van der Waals surface area contributed by atoms with Gasteiger partial charge < -0.3 is 10.1 Å². The number of aromatic nitrogens is 3. The number of rotatable bonds is 2. The highest BCUT2D eigenvalue weighted by Gasteiger charge is 2.44. The van der Waals surface area contributed by atoms with Gasteiger partial charge in [0.15, 0.2) is 5.69 Å². The van der Waals surface area contributed by atoms with Gasteiger partial charge in [-0.3, -0.25) is 19.5 Å². The zero-order chi connectivity index (χ0) is 19.0.